The zero-order chi connectivity index (χ0) is 18.7. The quantitative estimate of drug-likeness (QED) is 0.852. The molecule has 142 valence electrons. The molecule has 1 atom stereocenters. The molecule has 3 rings (SSSR count). The SMILES string of the molecule is CN(C(=O)C1CCCN(C(=O)c2ccc(Cl)c(Cl)c2)C1)C1CCNCC1. The molecule has 2 fully saturated rings. The van der Waals surface area contributed by atoms with Gasteiger partial charge in [-0.3, -0.25) is 9.59 Å². The van der Waals surface area contributed by atoms with Crippen molar-refractivity contribution in [3.8, 4) is 0 Å². The summed E-state index contributed by atoms with van der Waals surface area (Å²) in [6.45, 7) is 3.04. The highest BCUT2D eigenvalue weighted by atomic mass is 35.5. The summed E-state index contributed by atoms with van der Waals surface area (Å²) in [5, 5.41) is 4.12. The van der Waals surface area contributed by atoms with E-state index >= 15 is 0 Å². The van der Waals surface area contributed by atoms with Crippen LogP contribution in [0.5, 0.6) is 0 Å². The zero-order valence-electron chi connectivity index (χ0n) is 15.0. The van der Waals surface area contributed by atoms with Gasteiger partial charge in [-0.2, -0.15) is 0 Å². The average Bonchev–Trinajstić information content (AvgIpc) is 2.69. The molecule has 0 aromatic heterocycles. The predicted molar refractivity (Wildman–Crippen MR) is 104 cm³/mol. The van der Waals surface area contributed by atoms with Crippen LogP contribution < -0.4 is 5.32 Å². The van der Waals surface area contributed by atoms with Gasteiger partial charge in [0.25, 0.3) is 5.91 Å². The summed E-state index contributed by atoms with van der Waals surface area (Å²) >= 11 is 12.0. The Morgan fingerprint density at radius 1 is 1.15 bits per heavy atom. The van der Waals surface area contributed by atoms with Crippen molar-refractivity contribution in [1.29, 1.82) is 0 Å². The van der Waals surface area contributed by atoms with E-state index in [2.05, 4.69) is 5.32 Å². The van der Waals surface area contributed by atoms with Crippen molar-refractivity contribution in [2.45, 2.75) is 31.7 Å². The fourth-order valence-corrected chi connectivity index (χ4v) is 4.13. The molecule has 2 aliphatic heterocycles. The molecule has 5 nitrogen and oxygen atoms in total. The first-order chi connectivity index (χ1) is 12.5. The monoisotopic (exact) mass is 397 g/mol. The Balaban J connectivity index is 1.65. The van der Waals surface area contributed by atoms with Crippen molar-refractivity contribution in [2.24, 2.45) is 5.92 Å². The fourth-order valence-electron chi connectivity index (χ4n) is 3.84. The maximum Gasteiger partial charge on any atom is 0.253 e. The van der Waals surface area contributed by atoms with Crippen molar-refractivity contribution < 1.29 is 9.59 Å². The van der Waals surface area contributed by atoms with E-state index in [1.807, 2.05) is 11.9 Å². The number of rotatable bonds is 3. The minimum Gasteiger partial charge on any atom is -0.342 e. The fraction of sp³-hybridized carbons (Fsp3) is 0.579. The van der Waals surface area contributed by atoms with E-state index in [0.29, 0.717) is 34.7 Å². The van der Waals surface area contributed by atoms with E-state index in [9.17, 15) is 9.59 Å². The first-order valence-corrected chi connectivity index (χ1v) is 9.94. The number of piperidine rings is 2. The Labute approximate surface area is 164 Å². The van der Waals surface area contributed by atoms with Gasteiger partial charge >= 0.3 is 0 Å². The van der Waals surface area contributed by atoms with Gasteiger partial charge in [0.15, 0.2) is 0 Å². The molecule has 0 aliphatic carbocycles. The molecule has 1 aromatic rings. The van der Waals surface area contributed by atoms with Gasteiger partial charge in [0, 0.05) is 31.7 Å². The molecule has 0 bridgehead atoms. The molecule has 0 saturated carbocycles. The van der Waals surface area contributed by atoms with Gasteiger partial charge in [-0.15, -0.1) is 0 Å². The number of amides is 2. The summed E-state index contributed by atoms with van der Waals surface area (Å²) in [4.78, 5) is 29.4. The van der Waals surface area contributed by atoms with Crippen LogP contribution in [0.25, 0.3) is 0 Å². The van der Waals surface area contributed by atoms with Crippen LogP contribution in [0.4, 0.5) is 0 Å². The van der Waals surface area contributed by atoms with Gasteiger partial charge in [0.2, 0.25) is 5.91 Å². The molecule has 1 unspecified atom stereocenters. The number of halogens is 2. The van der Waals surface area contributed by atoms with Crippen LogP contribution in [-0.2, 0) is 4.79 Å². The summed E-state index contributed by atoms with van der Waals surface area (Å²) in [7, 11) is 1.90. The summed E-state index contributed by atoms with van der Waals surface area (Å²) in [6.07, 6.45) is 3.64. The number of hydrogen-bond donors (Lipinski definition) is 1. The summed E-state index contributed by atoms with van der Waals surface area (Å²) in [6, 6.07) is 5.21. The van der Waals surface area contributed by atoms with E-state index in [4.69, 9.17) is 23.2 Å². The average molecular weight is 398 g/mol. The van der Waals surface area contributed by atoms with Crippen LogP contribution in [0.1, 0.15) is 36.0 Å². The van der Waals surface area contributed by atoms with Crippen molar-refractivity contribution >= 4 is 35.0 Å². The van der Waals surface area contributed by atoms with E-state index in [1.54, 1.807) is 23.1 Å². The Bertz CT molecular complexity index is 677. The summed E-state index contributed by atoms with van der Waals surface area (Å²) < 4.78 is 0. The minimum atomic E-state index is -0.129. The number of carbonyl (C=O) groups is 2. The third-order valence-corrected chi connectivity index (χ3v) is 6.17. The Hall–Kier alpha value is -1.30. The number of carbonyl (C=O) groups excluding carboxylic acids is 2. The minimum absolute atomic E-state index is 0.0920. The number of nitrogens with one attached hydrogen (secondary N) is 1. The van der Waals surface area contributed by atoms with Crippen molar-refractivity contribution in [3.63, 3.8) is 0 Å². The lowest BCUT2D eigenvalue weighted by molar-refractivity contribution is -0.138. The van der Waals surface area contributed by atoms with Gasteiger partial charge < -0.3 is 15.1 Å². The summed E-state index contributed by atoms with van der Waals surface area (Å²) in [5.41, 5.74) is 0.513. The second-order valence-electron chi connectivity index (χ2n) is 7.15. The largest absolute Gasteiger partial charge is 0.342 e. The lowest BCUT2D eigenvalue weighted by Gasteiger charge is -2.37. The van der Waals surface area contributed by atoms with Crippen LogP contribution in [0.3, 0.4) is 0 Å². The first kappa shape index (κ1) is 19.5. The molecular formula is C19H25Cl2N3O2. The van der Waals surface area contributed by atoms with Gasteiger partial charge in [0.1, 0.15) is 0 Å². The van der Waals surface area contributed by atoms with E-state index in [-0.39, 0.29) is 17.7 Å². The Morgan fingerprint density at radius 2 is 1.88 bits per heavy atom. The molecule has 2 amide bonds. The van der Waals surface area contributed by atoms with Crippen LogP contribution in [-0.4, -0.2) is 60.9 Å². The molecule has 0 radical (unpaired) electrons. The number of benzene rings is 1. The summed E-state index contributed by atoms with van der Waals surface area (Å²) in [5.74, 6) is -0.0653. The number of hydrogen-bond acceptors (Lipinski definition) is 3. The van der Waals surface area contributed by atoms with Gasteiger partial charge in [0.05, 0.1) is 16.0 Å². The Kier molecular flexibility index (Phi) is 6.43. The highest BCUT2D eigenvalue weighted by molar-refractivity contribution is 6.42. The maximum atomic E-state index is 12.9. The zero-order valence-corrected chi connectivity index (χ0v) is 16.5. The van der Waals surface area contributed by atoms with Gasteiger partial charge in [-0.1, -0.05) is 23.2 Å². The van der Waals surface area contributed by atoms with E-state index in [1.165, 1.54) is 0 Å². The smallest absolute Gasteiger partial charge is 0.253 e. The molecule has 2 aliphatic rings. The standard InChI is InChI=1S/C19H25Cl2N3O2/c1-23(15-6-8-22-9-7-15)18(25)14-3-2-10-24(12-14)19(26)13-4-5-16(20)17(21)11-13/h4-5,11,14-15,22H,2-3,6-10,12H2,1H3. The molecule has 2 saturated heterocycles. The third-order valence-electron chi connectivity index (χ3n) is 5.43. The Morgan fingerprint density at radius 3 is 2.58 bits per heavy atom. The van der Waals surface area contributed by atoms with E-state index in [0.717, 1.165) is 38.8 Å². The predicted octanol–water partition coefficient (Wildman–Crippen LogP) is 3.06. The highest BCUT2D eigenvalue weighted by Crippen LogP contribution is 2.26. The second-order valence-corrected chi connectivity index (χ2v) is 7.96. The highest BCUT2D eigenvalue weighted by Gasteiger charge is 2.33. The van der Waals surface area contributed by atoms with Crippen molar-refractivity contribution in [1.82, 2.24) is 15.1 Å². The van der Waals surface area contributed by atoms with Crippen LogP contribution in [0.15, 0.2) is 18.2 Å². The third kappa shape index (κ3) is 4.33. The van der Waals surface area contributed by atoms with Gasteiger partial charge in [-0.25, -0.2) is 0 Å². The molecule has 1 N–H and O–H groups in total. The second kappa shape index (κ2) is 8.59. The molecule has 26 heavy (non-hydrogen) atoms. The van der Waals surface area contributed by atoms with Crippen LogP contribution in [0, 0.1) is 5.92 Å². The number of likely N-dealkylation sites (tertiary alicyclic amines) is 1. The molecule has 2 heterocycles. The topological polar surface area (TPSA) is 52.7 Å². The number of nitrogens with zero attached hydrogens (tertiary/aromatic N) is 2. The molecule has 0 spiro atoms. The molecule has 1 aromatic carbocycles. The lowest BCUT2D eigenvalue weighted by atomic mass is 9.94. The van der Waals surface area contributed by atoms with E-state index < -0.39 is 0 Å². The lowest BCUT2D eigenvalue weighted by Crippen LogP contribution is -2.50. The molecule has 7 heteroatoms. The maximum absolute atomic E-state index is 12.9. The van der Waals surface area contributed by atoms with Gasteiger partial charge in [-0.05, 0) is 57.0 Å². The van der Waals surface area contributed by atoms with Crippen LogP contribution in [0.2, 0.25) is 10.0 Å². The normalized spacial score (nSPS) is 21.5. The molecular weight excluding hydrogens is 373 g/mol. The van der Waals surface area contributed by atoms with Crippen molar-refractivity contribution in [3.05, 3.63) is 33.8 Å². The van der Waals surface area contributed by atoms with Crippen molar-refractivity contribution in [2.75, 3.05) is 33.2 Å². The first-order valence-electron chi connectivity index (χ1n) is 9.19. The van der Waals surface area contributed by atoms with Crippen LogP contribution >= 0.6 is 23.2 Å².